The van der Waals surface area contributed by atoms with E-state index in [0.29, 0.717) is 28.1 Å². The van der Waals surface area contributed by atoms with Gasteiger partial charge in [0.05, 0.1) is 11.1 Å². The Bertz CT molecular complexity index is 779. The lowest BCUT2D eigenvalue weighted by atomic mass is 10.1. The molecule has 0 aliphatic heterocycles. The predicted molar refractivity (Wildman–Crippen MR) is 70.5 cm³/mol. The number of benzene rings is 1. The van der Waals surface area contributed by atoms with Crippen molar-refractivity contribution in [3.8, 4) is 11.3 Å². The van der Waals surface area contributed by atoms with Crippen LogP contribution in [0, 0.1) is 5.82 Å². The first-order valence-corrected chi connectivity index (χ1v) is 5.56. The summed E-state index contributed by atoms with van der Waals surface area (Å²) in [6.07, 6.45) is 1.37. The van der Waals surface area contributed by atoms with Gasteiger partial charge < -0.3 is 11.5 Å². The fourth-order valence-corrected chi connectivity index (χ4v) is 1.99. The maximum Gasteiger partial charge on any atom is 0.163 e. The molecular formula is C12H11FN6. The third-order valence-corrected chi connectivity index (χ3v) is 2.92. The summed E-state index contributed by atoms with van der Waals surface area (Å²) in [5, 5.41) is 4.92. The van der Waals surface area contributed by atoms with E-state index < -0.39 is 5.82 Å². The Morgan fingerprint density at radius 2 is 2.00 bits per heavy atom. The number of nitrogens with two attached hydrogens (primary N) is 2. The summed E-state index contributed by atoms with van der Waals surface area (Å²) >= 11 is 0. The maximum absolute atomic E-state index is 13.6. The molecule has 2 heterocycles. The third kappa shape index (κ3) is 1.67. The zero-order valence-electron chi connectivity index (χ0n) is 10.1. The summed E-state index contributed by atoms with van der Waals surface area (Å²) in [4.78, 5) is 8.06. The Balaban J connectivity index is 2.33. The van der Waals surface area contributed by atoms with Crippen LogP contribution in [0.4, 0.5) is 15.9 Å². The molecule has 2 aromatic heterocycles. The number of nitrogen functional groups attached to an aromatic ring is 2. The van der Waals surface area contributed by atoms with Gasteiger partial charge in [-0.2, -0.15) is 5.10 Å². The van der Waals surface area contributed by atoms with Gasteiger partial charge in [-0.15, -0.1) is 0 Å². The normalized spacial score (nSPS) is 11.1. The van der Waals surface area contributed by atoms with Crippen LogP contribution in [0.3, 0.4) is 0 Å². The zero-order valence-corrected chi connectivity index (χ0v) is 10.1. The summed E-state index contributed by atoms with van der Waals surface area (Å²) in [5.74, 6) is -0.183. The average molecular weight is 258 g/mol. The topological polar surface area (TPSA) is 95.6 Å². The molecule has 1 aromatic carbocycles. The third-order valence-electron chi connectivity index (χ3n) is 2.92. The summed E-state index contributed by atoms with van der Waals surface area (Å²) in [5.41, 5.74) is 13.1. The Morgan fingerprint density at radius 1 is 1.21 bits per heavy atom. The van der Waals surface area contributed by atoms with Crippen LogP contribution in [0.15, 0.2) is 24.5 Å². The number of fused-ring (bicyclic) bond motifs is 1. The Kier molecular flexibility index (Phi) is 2.34. The molecule has 0 saturated heterocycles. The van der Waals surface area contributed by atoms with Gasteiger partial charge >= 0.3 is 0 Å². The second-order valence-electron chi connectivity index (χ2n) is 4.17. The number of halogens is 1. The van der Waals surface area contributed by atoms with E-state index >= 15 is 0 Å². The maximum atomic E-state index is 13.6. The molecule has 0 aliphatic rings. The lowest BCUT2D eigenvalue weighted by Gasteiger charge is -2.01. The molecule has 0 saturated carbocycles. The van der Waals surface area contributed by atoms with E-state index in [9.17, 15) is 4.39 Å². The Hall–Kier alpha value is -2.70. The number of hydrogen-bond acceptors (Lipinski definition) is 5. The molecular weight excluding hydrogens is 247 g/mol. The molecule has 0 unspecified atom stereocenters. The van der Waals surface area contributed by atoms with Crippen molar-refractivity contribution >= 4 is 22.5 Å². The van der Waals surface area contributed by atoms with Gasteiger partial charge in [0.1, 0.15) is 23.7 Å². The van der Waals surface area contributed by atoms with E-state index in [1.165, 1.54) is 18.5 Å². The molecule has 0 fully saturated rings. The number of rotatable bonds is 1. The van der Waals surface area contributed by atoms with Crippen LogP contribution in [0.1, 0.15) is 0 Å². The minimum atomic E-state index is -0.494. The van der Waals surface area contributed by atoms with Gasteiger partial charge in [0.15, 0.2) is 5.65 Å². The van der Waals surface area contributed by atoms with Crippen molar-refractivity contribution in [3.05, 3.63) is 30.3 Å². The summed E-state index contributed by atoms with van der Waals surface area (Å²) in [6.45, 7) is 0. The van der Waals surface area contributed by atoms with Gasteiger partial charge in [-0.05, 0) is 12.1 Å². The first-order valence-electron chi connectivity index (χ1n) is 5.56. The van der Waals surface area contributed by atoms with Crippen molar-refractivity contribution in [2.75, 3.05) is 11.5 Å². The van der Waals surface area contributed by atoms with E-state index in [2.05, 4.69) is 15.1 Å². The largest absolute Gasteiger partial charge is 0.396 e. The standard InChI is InChI=1S/C12H11FN6/c1-19-12-9(11(15)16-5-17-12)10(18-19)6-2-3-8(14)7(13)4-6/h2-5H,14H2,1H3,(H2,15,16,17). The van der Waals surface area contributed by atoms with E-state index in [0.717, 1.165) is 0 Å². The molecule has 0 radical (unpaired) electrons. The predicted octanol–water partition coefficient (Wildman–Crippen LogP) is 1.33. The number of hydrogen-bond donors (Lipinski definition) is 2. The molecule has 4 N–H and O–H groups in total. The van der Waals surface area contributed by atoms with E-state index in [1.54, 1.807) is 17.8 Å². The second kappa shape index (κ2) is 3.91. The van der Waals surface area contributed by atoms with Crippen LogP contribution in [-0.4, -0.2) is 19.7 Å². The highest BCUT2D eigenvalue weighted by Crippen LogP contribution is 2.30. The molecule has 7 heteroatoms. The van der Waals surface area contributed by atoms with Gasteiger partial charge in [-0.3, -0.25) is 0 Å². The van der Waals surface area contributed by atoms with Crippen molar-refractivity contribution in [1.29, 1.82) is 0 Å². The Labute approximate surface area is 107 Å². The van der Waals surface area contributed by atoms with Crippen molar-refractivity contribution in [1.82, 2.24) is 19.7 Å². The van der Waals surface area contributed by atoms with Gasteiger partial charge in [0.25, 0.3) is 0 Å². The van der Waals surface area contributed by atoms with Crippen molar-refractivity contribution in [3.63, 3.8) is 0 Å². The molecule has 3 aromatic rings. The van der Waals surface area contributed by atoms with Gasteiger partial charge in [-0.1, -0.05) is 6.07 Å². The van der Waals surface area contributed by atoms with Crippen LogP contribution in [0.25, 0.3) is 22.3 Å². The van der Waals surface area contributed by atoms with Crippen LogP contribution in [0.2, 0.25) is 0 Å². The van der Waals surface area contributed by atoms with Crippen molar-refractivity contribution in [2.45, 2.75) is 0 Å². The fourth-order valence-electron chi connectivity index (χ4n) is 1.99. The number of nitrogens with zero attached hydrogens (tertiary/aromatic N) is 4. The number of anilines is 2. The molecule has 0 aliphatic carbocycles. The highest BCUT2D eigenvalue weighted by Gasteiger charge is 2.16. The Morgan fingerprint density at radius 3 is 2.74 bits per heavy atom. The van der Waals surface area contributed by atoms with Crippen LogP contribution in [-0.2, 0) is 7.05 Å². The first-order chi connectivity index (χ1) is 9.08. The van der Waals surface area contributed by atoms with Crippen LogP contribution >= 0.6 is 0 Å². The molecule has 0 spiro atoms. The quantitative estimate of drug-likeness (QED) is 0.642. The second-order valence-corrected chi connectivity index (χ2v) is 4.17. The molecule has 0 atom stereocenters. The SMILES string of the molecule is Cn1nc(-c2ccc(N)c(F)c2)c2c(N)ncnc21. The van der Waals surface area contributed by atoms with Gasteiger partial charge in [0, 0.05) is 12.6 Å². The molecule has 0 bridgehead atoms. The van der Waals surface area contributed by atoms with Crippen molar-refractivity contribution < 1.29 is 4.39 Å². The first kappa shape index (κ1) is 11.4. The average Bonchev–Trinajstić information content (AvgIpc) is 2.72. The lowest BCUT2D eigenvalue weighted by molar-refractivity contribution is 0.633. The smallest absolute Gasteiger partial charge is 0.163 e. The summed E-state index contributed by atoms with van der Waals surface area (Å²) in [7, 11) is 1.74. The monoisotopic (exact) mass is 258 g/mol. The van der Waals surface area contributed by atoms with E-state index in [1.807, 2.05) is 0 Å². The molecule has 96 valence electrons. The number of aryl methyl sites for hydroxylation is 1. The molecule has 3 rings (SSSR count). The zero-order chi connectivity index (χ0) is 13.6. The molecule has 19 heavy (non-hydrogen) atoms. The minimum Gasteiger partial charge on any atom is -0.396 e. The van der Waals surface area contributed by atoms with E-state index in [4.69, 9.17) is 11.5 Å². The summed E-state index contributed by atoms with van der Waals surface area (Å²) in [6, 6.07) is 4.50. The highest BCUT2D eigenvalue weighted by molar-refractivity contribution is 5.98. The van der Waals surface area contributed by atoms with Gasteiger partial charge in [-0.25, -0.2) is 19.0 Å². The lowest BCUT2D eigenvalue weighted by Crippen LogP contribution is -1.95. The van der Waals surface area contributed by atoms with Gasteiger partial charge in [0.2, 0.25) is 0 Å². The van der Waals surface area contributed by atoms with Crippen molar-refractivity contribution in [2.24, 2.45) is 7.05 Å². The van der Waals surface area contributed by atoms with Crippen LogP contribution in [0.5, 0.6) is 0 Å². The van der Waals surface area contributed by atoms with E-state index in [-0.39, 0.29) is 5.69 Å². The molecule has 6 nitrogen and oxygen atoms in total. The fraction of sp³-hybridized carbons (Fsp3) is 0.0833. The minimum absolute atomic E-state index is 0.0909. The number of aromatic nitrogens is 4. The summed E-state index contributed by atoms with van der Waals surface area (Å²) < 4.78 is 15.1. The highest BCUT2D eigenvalue weighted by atomic mass is 19.1. The molecule has 0 amide bonds. The van der Waals surface area contributed by atoms with Crippen LogP contribution < -0.4 is 11.5 Å².